The fraction of sp³-hybridized carbons (Fsp3) is 0.467. The molecule has 0 aliphatic carbocycles. The number of allylic oxidation sites excluding steroid dienone is 1. The molecular weight excluding hydrogens is 264 g/mol. The SMILES string of the molecule is COc1ccc(CO[C@@H](C/C=C(\C)Cl)CCO)cc1. The fourth-order valence-electron chi connectivity index (χ4n) is 1.64. The average Bonchev–Trinajstić information content (AvgIpc) is 2.42. The lowest BCUT2D eigenvalue weighted by Crippen LogP contribution is -2.14. The maximum absolute atomic E-state index is 9.02. The molecule has 1 aromatic carbocycles. The molecule has 0 fully saturated rings. The third kappa shape index (κ3) is 6.62. The van der Waals surface area contributed by atoms with Crippen molar-refractivity contribution < 1.29 is 14.6 Å². The highest BCUT2D eigenvalue weighted by atomic mass is 35.5. The summed E-state index contributed by atoms with van der Waals surface area (Å²) < 4.78 is 10.9. The van der Waals surface area contributed by atoms with Crippen molar-refractivity contribution >= 4 is 11.6 Å². The van der Waals surface area contributed by atoms with Crippen LogP contribution in [0, 0.1) is 0 Å². The Morgan fingerprint density at radius 1 is 1.37 bits per heavy atom. The maximum Gasteiger partial charge on any atom is 0.118 e. The summed E-state index contributed by atoms with van der Waals surface area (Å²) in [6.07, 6.45) is 3.22. The second-order valence-corrected chi connectivity index (χ2v) is 4.92. The summed E-state index contributed by atoms with van der Waals surface area (Å²) in [7, 11) is 1.64. The molecule has 3 nitrogen and oxygen atoms in total. The molecule has 0 aromatic heterocycles. The lowest BCUT2D eigenvalue weighted by molar-refractivity contribution is 0.0261. The largest absolute Gasteiger partial charge is 0.497 e. The summed E-state index contributed by atoms with van der Waals surface area (Å²) in [6, 6.07) is 7.75. The molecule has 0 bridgehead atoms. The van der Waals surface area contributed by atoms with Gasteiger partial charge in [0.25, 0.3) is 0 Å². The molecule has 0 saturated carbocycles. The van der Waals surface area contributed by atoms with Crippen LogP contribution in [0.2, 0.25) is 0 Å². The van der Waals surface area contributed by atoms with Gasteiger partial charge in [0, 0.05) is 11.6 Å². The standard InChI is InChI=1S/C15H21ClO3/c1-12(16)3-6-15(9-10-17)19-11-13-4-7-14(18-2)8-5-13/h3-5,7-8,15,17H,6,9-11H2,1-2H3/b12-3+/t15-/m0/s1. The van der Waals surface area contributed by atoms with Gasteiger partial charge in [-0.25, -0.2) is 0 Å². The predicted octanol–water partition coefficient (Wildman–Crippen LogP) is 3.50. The topological polar surface area (TPSA) is 38.7 Å². The molecule has 0 radical (unpaired) electrons. The van der Waals surface area contributed by atoms with Gasteiger partial charge in [-0.15, -0.1) is 0 Å². The first kappa shape index (κ1) is 16.0. The summed E-state index contributed by atoms with van der Waals surface area (Å²) in [5.41, 5.74) is 1.08. The zero-order valence-electron chi connectivity index (χ0n) is 11.4. The van der Waals surface area contributed by atoms with E-state index in [1.807, 2.05) is 37.3 Å². The van der Waals surface area contributed by atoms with Crippen LogP contribution in [0.4, 0.5) is 0 Å². The van der Waals surface area contributed by atoms with E-state index in [-0.39, 0.29) is 12.7 Å². The lowest BCUT2D eigenvalue weighted by Gasteiger charge is -2.15. The number of hydrogen-bond donors (Lipinski definition) is 1. The van der Waals surface area contributed by atoms with Crippen molar-refractivity contribution in [2.75, 3.05) is 13.7 Å². The highest BCUT2D eigenvalue weighted by Gasteiger charge is 2.07. The molecule has 1 aromatic rings. The normalized spacial score (nSPS) is 13.4. The highest BCUT2D eigenvalue weighted by Crippen LogP contribution is 2.15. The van der Waals surface area contributed by atoms with Crippen LogP contribution in [0.25, 0.3) is 0 Å². The smallest absolute Gasteiger partial charge is 0.118 e. The van der Waals surface area contributed by atoms with E-state index >= 15 is 0 Å². The summed E-state index contributed by atoms with van der Waals surface area (Å²) >= 11 is 5.80. The summed E-state index contributed by atoms with van der Waals surface area (Å²) in [5, 5.41) is 9.76. The van der Waals surface area contributed by atoms with Gasteiger partial charge < -0.3 is 14.6 Å². The zero-order valence-corrected chi connectivity index (χ0v) is 12.2. The third-order valence-corrected chi connectivity index (χ3v) is 2.91. The Hall–Kier alpha value is -1.03. The first-order chi connectivity index (χ1) is 9.15. The molecule has 19 heavy (non-hydrogen) atoms. The van der Waals surface area contributed by atoms with Gasteiger partial charge in [-0.05, 0) is 37.5 Å². The molecule has 1 N–H and O–H groups in total. The molecule has 0 aliphatic rings. The van der Waals surface area contributed by atoms with Gasteiger partial charge in [0.05, 0.1) is 19.8 Å². The summed E-state index contributed by atoms with van der Waals surface area (Å²) in [4.78, 5) is 0. The molecule has 0 heterocycles. The quantitative estimate of drug-likeness (QED) is 0.794. The van der Waals surface area contributed by atoms with Crippen LogP contribution in [0.5, 0.6) is 5.75 Å². The third-order valence-electron chi connectivity index (χ3n) is 2.76. The van der Waals surface area contributed by atoms with Crippen LogP contribution in [0.1, 0.15) is 25.3 Å². The van der Waals surface area contributed by atoms with Crippen molar-refractivity contribution in [2.24, 2.45) is 0 Å². The van der Waals surface area contributed by atoms with Crippen LogP contribution >= 0.6 is 11.6 Å². The van der Waals surface area contributed by atoms with Gasteiger partial charge in [-0.2, -0.15) is 0 Å². The van der Waals surface area contributed by atoms with E-state index in [0.29, 0.717) is 19.4 Å². The molecule has 0 aliphatic heterocycles. The van der Waals surface area contributed by atoms with E-state index in [4.69, 9.17) is 26.2 Å². The minimum atomic E-state index is -0.0131. The molecule has 1 atom stereocenters. The Labute approximate surface area is 119 Å². The number of methoxy groups -OCH3 is 1. The Kier molecular flexibility index (Phi) is 7.56. The van der Waals surface area contributed by atoms with Crippen molar-refractivity contribution in [1.29, 1.82) is 0 Å². The van der Waals surface area contributed by atoms with Crippen molar-refractivity contribution in [1.82, 2.24) is 0 Å². The summed E-state index contributed by atoms with van der Waals surface area (Å²) in [6.45, 7) is 2.47. The Morgan fingerprint density at radius 2 is 2.05 bits per heavy atom. The number of hydrogen-bond acceptors (Lipinski definition) is 3. The number of rotatable bonds is 8. The van der Waals surface area contributed by atoms with Gasteiger partial charge in [-0.1, -0.05) is 29.8 Å². The molecule has 4 heteroatoms. The van der Waals surface area contributed by atoms with E-state index in [9.17, 15) is 0 Å². The molecule has 0 unspecified atom stereocenters. The summed E-state index contributed by atoms with van der Waals surface area (Å²) in [5.74, 6) is 0.830. The van der Waals surface area contributed by atoms with E-state index in [0.717, 1.165) is 16.3 Å². The first-order valence-electron chi connectivity index (χ1n) is 6.33. The van der Waals surface area contributed by atoms with E-state index < -0.39 is 0 Å². The van der Waals surface area contributed by atoms with E-state index in [1.54, 1.807) is 7.11 Å². The van der Waals surface area contributed by atoms with Crippen LogP contribution < -0.4 is 4.74 Å². The fourth-order valence-corrected chi connectivity index (χ4v) is 1.73. The lowest BCUT2D eigenvalue weighted by atomic mass is 10.1. The van der Waals surface area contributed by atoms with Crippen molar-refractivity contribution in [3.05, 3.63) is 40.9 Å². The number of benzene rings is 1. The average molecular weight is 285 g/mol. The van der Waals surface area contributed by atoms with Gasteiger partial charge in [-0.3, -0.25) is 0 Å². The van der Waals surface area contributed by atoms with Gasteiger partial charge in [0.15, 0.2) is 0 Å². The van der Waals surface area contributed by atoms with Gasteiger partial charge in [0.2, 0.25) is 0 Å². The highest BCUT2D eigenvalue weighted by molar-refractivity contribution is 6.29. The molecular formula is C15H21ClO3. The number of aliphatic hydroxyl groups excluding tert-OH is 1. The Bertz CT molecular complexity index is 383. The van der Waals surface area contributed by atoms with Crippen LogP contribution in [0.15, 0.2) is 35.4 Å². The van der Waals surface area contributed by atoms with Crippen LogP contribution in [0.3, 0.4) is 0 Å². The molecule has 1 rings (SSSR count). The predicted molar refractivity (Wildman–Crippen MR) is 77.5 cm³/mol. The van der Waals surface area contributed by atoms with Crippen LogP contribution in [-0.2, 0) is 11.3 Å². The van der Waals surface area contributed by atoms with E-state index in [2.05, 4.69) is 0 Å². The number of halogens is 1. The first-order valence-corrected chi connectivity index (χ1v) is 6.71. The van der Waals surface area contributed by atoms with Crippen LogP contribution in [-0.4, -0.2) is 24.9 Å². The van der Waals surface area contributed by atoms with Crippen molar-refractivity contribution in [3.8, 4) is 5.75 Å². The second kappa shape index (κ2) is 8.97. The van der Waals surface area contributed by atoms with Gasteiger partial charge in [0.1, 0.15) is 5.75 Å². The second-order valence-electron chi connectivity index (χ2n) is 4.32. The number of ether oxygens (including phenoxy) is 2. The Balaban J connectivity index is 2.47. The zero-order chi connectivity index (χ0) is 14.1. The monoisotopic (exact) mass is 284 g/mol. The van der Waals surface area contributed by atoms with Crippen molar-refractivity contribution in [2.45, 2.75) is 32.5 Å². The molecule has 0 saturated heterocycles. The number of aliphatic hydroxyl groups is 1. The molecule has 0 spiro atoms. The van der Waals surface area contributed by atoms with E-state index in [1.165, 1.54) is 0 Å². The molecule has 106 valence electrons. The van der Waals surface area contributed by atoms with Crippen molar-refractivity contribution in [3.63, 3.8) is 0 Å². The maximum atomic E-state index is 9.02. The van der Waals surface area contributed by atoms with Gasteiger partial charge >= 0.3 is 0 Å². The Morgan fingerprint density at radius 3 is 2.58 bits per heavy atom. The minimum absolute atomic E-state index is 0.0131. The minimum Gasteiger partial charge on any atom is -0.497 e. The molecule has 0 amide bonds.